The van der Waals surface area contributed by atoms with E-state index < -0.39 is 11.9 Å². The fourth-order valence-electron chi connectivity index (χ4n) is 2.64. The van der Waals surface area contributed by atoms with E-state index >= 15 is 0 Å². The van der Waals surface area contributed by atoms with Gasteiger partial charge in [0.1, 0.15) is 6.04 Å². The number of nitrogens with zero attached hydrogens (tertiary/aromatic N) is 2. The summed E-state index contributed by atoms with van der Waals surface area (Å²) in [6.07, 6.45) is 1.04. The second-order valence-electron chi connectivity index (χ2n) is 5.43. The molecule has 2 fully saturated rings. The predicted octanol–water partition coefficient (Wildman–Crippen LogP) is -1.27. The van der Waals surface area contributed by atoms with Gasteiger partial charge in [0, 0.05) is 32.5 Å². The third kappa shape index (κ3) is 4.41. The zero-order valence-electron chi connectivity index (χ0n) is 12.7. The van der Waals surface area contributed by atoms with Crippen LogP contribution in [0.15, 0.2) is 0 Å². The first-order chi connectivity index (χ1) is 10.6. The maximum absolute atomic E-state index is 12.2. The first-order valence-electron chi connectivity index (χ1n) is 7.61. The number of carbonyl (C=O) groups excluding carboxylic acids is 3. The highest BCUT2D eigenvalue weighted by molar-refractivity contribution is 5.87. The molecule has 2 saturated heterocycles. The minimum absolute atomic E-state index is 0.0459. The van der Waals surface area contributed by atoms with Crippen LogP contribution < -0.4 is 5.73 Å². The highest BCUT2D eigenvalue weighted by Gasteiger charge is 2.31. The molecule has 0 bridgehead atoms. The average molecular weight is 313 g/mol. The van der Waals surface area contributed by atoms with Crippen LogP contribution in [0.4, 0.5) is 0 Å². The maximum atomic E-state index is 12.2. The lowest BCUT2D eigenvalue weighted by molar-refractivity contribution is -0.147. The summed E-state index contributed by atoms with van der Waals surface area (Å²) < 4.78 is 10.4. The van der Waals surface area contributed by atoms with Crippen LogP contribution in [0.2, 0.25) is 0 Å². The Morgan fingerprint density at radius 3 is 2.27 bits per heavy atom. The largest absolute Gasteiger partial charge is 0.378 e. The Morgan fingerprint density at radius 1 is 0.955 bits per heavy atom. The first kappa shape index (κ1) is 16.7. The Morgan fingerprint density at radius 2 is 1.59 bits per heavy atom. The molecule has 0 radical (unpaired) electrons. The van der Waals surface area contributed by atoms with E-state index in [0.717, 1.165) is 0 Å². The van der Waals surface area contributed by atoms with Crippen molar-refractivity contribution in [2.75, 3.05) is 46.1 Å². The quantitative estimate of drug-likeness (QED) is 0.682. The summed E-state index contributed by atoms with van der Waals surface area (Å²) in [6, 6.07) is -0.698. The second-order valence-corrected chi connectivity index (χ2v) is 5.43. The van der Waals surface area contributed by atoms with Crippen molar-refractivity contribution in [2.24, 2.45) is 5.73 Å². The van der Waals surface area contributed by atoms with Crippen LogP contribution >= 0.6 is 0 Å². The molecule has 22 heavy (non-hydrogen) atoms. The zero-order valence-corrected chi connectivity index (χ0v) is 12.7. The molecule has 8 heteroatoms. The van der Waals surface area contributed by atoms with Gasteiger partial charge in [0.25, 0.3) is 0 Å². The van der Waals surface area contributed by atoms with E-state index in [9.17, 15) is 14.4 Å². The fraction of sp³-hybridized carbons (Fsp3) is 0.786. The molecule has 3 amide bonds. The number of rotatable bonds is 5. The van der Waals surface area contributed by atoms with Crippen molar-refractivity contribution in [1.29, 1.82) is 0 Å². The number of nitrogens with two attached hydrogens (primary N) is 1. The molecule has 0 unspecified atom stereocenters. The summed E-state index contributed by atoms with van der Waals surface area (Å²) in [4.78, 5) is 38.7. The van der Waals surface area contributed by atoms with E-state index in [2.05, 4.69) is 0 Å². The van der Waals surface area contributed by atoms with Crippen LogP contribution in [0.5, 0.6) is 0 Å². The molecule has 2 aliphatic heterocycles. The number of amides is 3. The first-order valence-corrected chi connectivity index (χ1v) is 7.61. The Balaban J connectivity index is 1.74. The van der Waals surface area contributed by atoms with Crippen molar-refractivity contribution in [3.63, 3.8) is 0 Å². The standard InChI is InChI=1S/C14H23N3O5/c15-14(20)11-10-22-9-6-17(11)13(19)3-1-2-12(18)16-4-7-21-8-5-16/h11H,1-10H2,(H2,15,20)/t11-/m0/s1. The lowest BCUT2D eigenvalue weighted by atomic mass is 10.1. The van der Waals surface area contributed by atoms with Gasteiger partial charge in [-0.2, -0.15) is 0 Å². The van der Waals surface area contributed by atoms with E-state index in [1.54, 1.807) is 4.90 Å². The predicted molar refractivity (Wildman–Crippen MR) is 76.8 cm³/mol. The van der Waals surface area contributed by atoms with Crippen LogP contribution in [-0.2, 0) is 23.9 Å². The van der Waals surface area contributed by atoms with E-state index in [0.29, 0.717) is 52.3 Å². The lowest BCUT2D eigenvalue weighted by Crippen LogP contribution is -2.54. The molecule has 8 nitrogen and oxygen atoms in total. The summed E-state index contributed by atoms with van der Waals surface area (Å²) >= 11 is 0. The lowest BCUT2D eigenvalue weighted by Gasteiger charge is -2.33. The maximum Gasteiger partial charge on any atom is 0.242 e. The van der Waals surface area contributed by atoms with E-state index in [1.165, 1.54) is 4.90 Å². The van der Waals surface area contributed by atoms with Gasteiger partial charge in [-0.1, -0.05) is 0 Å². The van der Waals surface area contributed by atoms with Crippen LogP contribution in [-0.4, -0.2) is 79.6 Å². The van der Waals surface area contributed by atoms with Crippen LogP contribution in [0.1, 0.15) is 19.3 Å². The summed E-state index contributed by atoms with van der Waals surface area (Å²) in [5.41, 5.74) is 5.28. The smallest absolute Gasteiger partial charge is 0.242 e. The molecule has 2 N–H and O–H groups in total. The number of ether oxygens (including phenoxy) is 2. The van der Waals surface area contributed by atoms with E-state index in [4.69, 9.17) is 15.2 Å². The van der Waals surface area contributed by atoms with Crippen molar-refractivity contribution in [3.05, 3.63) is 0 Å². The number of hydrogen-bond donors (Lipinski definition) is 1. The van der Waals surface area contributed by atoms with Gasteiger partial charge in [0.05, 0.1) is 26.4 Å². The Labute approximate surface area is 129 Å². The topological polar surface area (TPSA) is 102 Å². The zero-order chi connectivity index (χ0) is 15.9. The van der Waals surface area contributed by atoms with Gasteiger partial charge in [-0.15, -0.1) is 0 Å². The van der Waals surface area contributed by atoms with Gasteiger partial charge in [0.15, 0.2) is 0 Å². The monoisotopic (exact) mass is 313 g/mol. The van der Waals surface area contributed by atoms with Crippen molar-refractivity contribution in [1.82, 2.24) is 9.80 Å². The summed E-state index contributed by atoms with van der Waals surface area (Å²) in [6.45, 7) is 3.28. The Kier molecular flexibility index (Phi) is 6.14. The van der Waals surface area contributed by atoms with E-state index in [1.807, 2.05) is 0 Å². The molecule has 0 aromatic carbocycles. The summed E-state index contributed by atoms with van der Waals surface area (Å²) in [7, 11) is 0. The third-order valence-corrected chi connectivity index (χ3v) is 3.92. The molecule has 1 atom stereocenters. The van der Waals surface area contributed by atoms with Gasteiger partial charge in [-0.3, -0.25) is 14.4 Å². The third-order valence-electron chi connectivity index (χ3n) is 3.92. The van der Waals surface area contributed by atoms with Crippen molar-refractivity contribution in [2.45, 2.75) is 25.3 Å². The number of morpholine rings is 2. The number of primary amides is 1. The minimum Gasteiger partial charge on any atom is -0.378 e. The molecule has 0 aliphatic carbocycles. The van der Waals surface area contributed by atoms with Crippen LogP contribution in [0, 0.1) is 0 Å². The molecule has 0 aromatic rings. The number of hydrogen-bond acceptors (Lipinski definition) is 5. The van der Waals surface area contributed by atoms with Crippen molar-refractivity contribution >= 4 is 17.7 Å². The molecule has 2 rings (SSSR count). The normalized spacial score (nSPS) is 22.5. The van der Waals surface area contributed by atoms with Gasteiger partial charge in [-0.05, 0) is 6.42 Å². The molecule has 2 heterocycles. The van der Waals surface area contributed by atoms with Gasteiger partial charge in [-0.25, -0.2) is 0 Å². The second kappa shape index (κ2) is 8.09. The molecule has 0 saturated carbocycles. The highest BCUT2D eigenvalue weighted by Crippen LogP contribution is 2.11. The van der Waals surface area contributed by atoms with Gasteiger partial charge in [0.2, 0.25) is 17.7 Å². The number of carbonyl (C=O) groups is 3. The molecule has 0 spiro atoms. The molecule has 0 aromatic heterocycles. The molecule has 2 aliphatic rings. The van der Waals surface area contributed by atoms with Gasteiger partial charge >= 0.3 is 0 Å². The Bertz CT molecular complexity index is 423. The van der Waals surface area contributed by atoms with Crippen molar-refractivity contribution in [3.8, 4) is 0 Å². The molecular weight excluding hydrogens is 290 g/mol. The van der Waals surface area contributed by atoms with Crippen molar-refractivity contribution < 1.29 is 23.9 Å². The van der Waals surface area contributed by atoms with Gasteiger partial charge < -0.3 is 25.0 Å². The average Bonchev–Trinajstić information content (AvgIpc) is 2.55. The highest BCUT2D eigenvalue weighted by atomic mass is 16.5. The van der Waals surface area contributed by atoms with Crippen LogP contribution in [0.3, 0.4) is 0 Å². The summed E-state index contributed by atoms with van der Waals surface area (Å²) in [5, 5.41) is 0. The SMILES string of the molecule is NC(=O)[C@@H]1COCCN1C(=O)CCCC(=O)N1CCOCC1. The van der Waals surface area contributed by atoms with Crippen LogP contribution in [0.25, 0.3) is 0 Å². The minimum atomic E-state index is -0.698. The van der Waals surface area contributed by atoms with E-state index in [-0.39, 0.29) is 24.8 Å². The summed E-state index contributed by atoms with van der Waals surface area (Å²) in [5.74, 6) is -0.663. The Hall–Kier alpha value is -1.67. The molecule has 124 valence electrons. The fourth-order valence-corrected chi connectivity index (χ4v) is 2.64. The molecular formula is C14H23N3O5.